The normalized spacial score (nSPS) is 11.3. The molecule has 0 aliphatic heterocycles. The van der Waals surface area contributed by atoms with E-state index < -0.39 is 15.8 Å². The Labute approximate surface area is 117 Å². The molecule has 3 N–H and O–H groups in total. The van der Waals surface area contributed by atoms with Crippen LogP contribution >= 0.6 is 0 Å². The first-order valence-corrected chi connectivity index (χ1v) is 7.43. The zero-order valence-electron chi connectivity index (χ0n) is 11.1. The van der Waals surface area contributed by atoms with Gasteiger partial charge in [-0.2, -0.15) is 0 Å². The Kier molecular flexibility index (Phi) is 3.67. The summed E-state index contributed by atoms with van der Waals surface area (Å²) in [6.45, 7) is 3.34. The molecule has 0 bridgehead atoms. The lowest BCUT2D eigenvalue weighted by atomic mass is 10.2. The SMILES string of the molecule is Cc1cc(F)cc(NS(=O)(=O)c2c(C)cccc2N)c1. The minimum Gasteiger partial charge on any atom is -0.398 e. The topological polar surface area (TPSA) is 72.2 Å². The summed E-state index contributed by atoms with van der Waals surface area (Å²) in [5.74, 6) is -0.500. The minimum absolute atomic E-state index is 0.0157. The Morgan fingerprint density at radius 1 is 1.15 bits per heavy atom. The summed E-state index contributed by atoms with van der Waals surface area (Å²) in [4.78, 5) is 0.0157. The van der Waals surface area contributed by atoms with Crippen molar-refractivity contribution >= 4 is 21.4 Å². The van der Waals surface area contributed by atoms with E-state index in [1.165, 1.54) is 12.1 Å². The molecule has 0 amide bonds. The van der Waals surface area contributed by atoms with E-state index >= 15 is 0 Å². The molecule has 106 valence electrons. The summed E-state index contributed by atoms with van der Waals surface area (Å²) in [5.41, 5.74) is 7.22. The smallest absolute Gasteiger partial charge is 0.264 e. The van der Waals surface area contributed by atoms with E-state index in [-0.39, 0.29) is 16.3 Å². The van der Waals surface area contributed by atoms with Crippen molar-refractivity contribution in [1.82, 2.24) is 0 Å². The summed E-state index contributed by atoms with van der Waals surface area (Å²) < 4.78 is 40.4. The number of hydrogen-bond donors (Lipinski definition) is 2. The van der Waals surface area contributed by atoms with Crippen LogP contribution < -0.4 is 10.5 Å². The van der Waals surface area contributed by atoms with Gasteiger partial charge in [-0.25, -0.2) is 12.8 Å². The average molecular weight is 294 g/mol. The zero-order valence-corrected chi connectivity index (χ0v) is 12.0. The molecule has 2 aromatic carbocycles. The van der Waals surface area contributed by atoms with Crippen molar-refractivity contribution in [2.75, 3.05) is 10.5 Å². The van der Waals surface area contributed by atoms with Crippen LogP contribution in [0.4, 0.5) is 15.8 Å². The van der Waals surface area contributed by atoms with Crippen molar-refractivity contribution in [3.05, 3.63) is 53.3 Å². The molecule has 4 nitrogen and oxygen atoms in total. The lowest BCUT2D eigenvalue weighted by molar-refractivity contribution is 0.601. The first-order chi connectivity index (χ1) is 9.29. The molecule has 0 aliphatic rings. The Morgan fingerprint density at radius 3 is 2.45 bits per heavy atom. The van der Waals surface area contributed by atoms with Crippen molar-refractivity contribution in [3.63, 3.8) is 0 Å². The van der Waals surface area contributed by atoms with E-state index in [1.807, 2.05) is 0 Å². The Bertz CT molecular complexity index is 717. The molecule has 0 aromatic heterocycles. The molecule has 0 unspecified atom stereocenters. The number of halogens is 1. The molecule has 2 rings (SSSR count). The number of anilines is 2. The predicted molar refractivity (Wildman–Crippen MR) is 77.5 cm³/mol. The van der Waals surface area contributed by atoms with Gasteiger partial charge >= 0.3 is 0 Å². The molecule has 0 saturated carbocycles. The van der Waals surface area contributed by atoms with E-state index in [9.17, 15) is 12.8 Å². The number of nitrogen functional groups attached to an aromatic ring is 1. The van der Waals surface area contributed by atoms with Crippen molar-refractivity contribution < 1.29 is 12.8 Å². The number of benzene rings is 2. The molecule has 0 saturated heterocycles. The highest BCUT2D eigenvalue weighted by molar-refractivity contribution is 7.93. The minimum atomic E-state index is -3.85. The summed E-state index contributed by atoms with van der Waals surface area (Å²) in [6, 6.07) is 8.84. The third-order valence-electron chi connectivity index (χ3n) is 2.81. The van der Waals surface area contributed by atoms with Gasteiger partial charge in [-0.3, -0.25) is 4.72 Å². The molecule has 0 heterocycles. The third-order valence-corrected chi connectivity index (χ3v) is 4.40. The fourth-order valence-corrected chi connectivity index (χ4v) is 3.44. The highest BCUT2D eigenvalue weighted by Crippen LogP contribution is 2.25. The van der Waals surface area contributed by atoms with Crippen LogP contribution in [0.1, 0.15) is 11.1 Å². The number of rotatable bonds is 3. The average Bonchev–Trinajstić information content (AvgIpc) is 2.25. The van der Waals surface area contributed by atoms with Gasteiger partial charge in [0.15, 0.2) is 0 Å². The zero-order chi connectivity index (χ0) is 14.9. The third kappa shape index (κ3) is 2.91. The lowest BCUT2D eigenvalue weighted by Crippen LogP contribution is -2.16. The number of aryl methyl sites for hydroxylation is 2. The van der Waals surface area contributed by atoms with Crippen molar-refractivity contribution in [3.8, 4) is 0 Å². The first kappa shape index (κ1) is 14.3. The molecule has 0 aliphatic carbocycles. The summed E-state index contributed by atoms with van der Waals surface area (Å²) in [7, 11) is -3.85. The van der Waals surface area contributed by atoms with Crippen LogP contribution in [0, 0.1) is 19.7 Å². The molecule has 20 heavy (non-hydrogen) atoms. The van der Waals surface area contributed by atoms with Crippen molar-refractivity contribution in [1.29, 1.82) is 0 Å². The number of nitrogens with two attached hydrogens (primary N) is 1. The molecular formula is C14H15FN2O2S. The maximum atomic E-state index is 13.3. The predicted octanol–water partition coefficient (Wildman–Crippen LogP) is 2.83. The number of hydrogen-bond acceptors (Lipinski definition) is 3. The van der Waals surface area contributed by atoms with Crippen LogP contribution in [0.25, 0.3) is 0 Å². The second kappa shape index (κ2) is 5.13. The molecule has 0 spiro atoms. The Balaban J connectivity index is 2.46. The van der Waals surface area contributed by atoms with Gasteiger partial charge in [0.05, 0.1) is 11.4 Å². The standard InChI is InChI=1S/C14H15FN2O2S/c1-9-6-11(15)8-12(7-9)17-20(18,19)14-10(2)4-3-5-13(14)16/h3-8,17H,16H2,1-2H3. The maximum absolute atomic E-state index is 13.3. The summed E-state index contributed by atoms with van der Waals surface area (Å²) in [6.07, 6.45) is 0. The van der Waals surface area contributed by atoms with E-state index in [4.69, 9.17) is 5.73 Å². The van der Waals surface area contributed by atoms with E-state index in [2.05, 4.69) is 4.72 Å². The van der Waals surface area contributed by atoms with Gasteiger partial charge in [0.2, 0.25) is 0 Å². The van der Waals surface area contributed by atoms with Gasteiger partial charge in [-0.15, -0.1) is 0 Å². The second-order valence-corrected chi connectivity index (χ2v) is 6.24. The summed E-state index contributed by atoms with van der Waals surface area (Å²) >= 11 is 0. The fourth-order valence-electron chi connectivity index (χ4n) is 2.04. The van der Waals surface area contributed by atoms with Gasteiger partial charge in [0.25, 0.3) is 10.0 Å². The molecule has 0 atom stereocenters. The molecule has 2 aromatic rings. The van der Waals surface area contributed by atoms with Crippen LogP contribution in [-0.2, 0) is 10.0 Å². The van der Waals surface area contributed by atoms with Crippen LogP contribution in [0.5, 0.6) is 0 Å². The highest BCUT2D eigenvalue weighted by atomic mass is 32.2. The largest absolute Gasteiger partial charge is 0.398 e. The number of sulfonamides is 1. The van der Waals surface area contributed by atoms with Crippen molar-refractivity contribution in [2.24, 2.45) is 0 Å². The van der Waals surface area contributed by atoms with Gasteiger partial charge < -0.3 is 5.73 Å². The molecule has 0 radical (unpaired) electrons. The quantitative estimate of drug-likeness (QED) is 0.855. The van der Waals surface area contributed by atoms with Crippen LogP contribution in [0.15, 0.2) is 41.3 Å². The molecule has 6 heteroatoms. The van der Waals surface area contributed by atoms with Gasteiger partial charge in [0, 0.05) is 0 Å². The Morgan fingerprint density at radius 2 is 1.85 bits per heavy atom. The molecule has 0 fully saturated rings. The highest BCUT2D eigenvalue weighted by Gasteiger charge is 2.20. The lowest BCUT2D eigenvalue weighted by Gasteiger charge is -2.13. The maximum Gasteiger partial charge on any atom is 0.264 e. The summed E-state index contributed by atoms with van der Waals surface area (Å²) in [5, 5.41) is 0. The fraction of sp³-hybridized carbons (Fsp3) is 0.143. The number of nitrogens with one attached hydrogen (secondary N) is 1. The van der Waals surface area contributed by atoms with E-state index in [0.29, 0.717) is 11.1 Å². The Hall–Kier alpha value is -2.08. The van der Waals surface area contributed by atoms with Gasteiger partial charge in [-0.1, -0.05) is 12.1 Å². The van der Waals surface area contributed by atoms with E-state index in [0.717, 1.165) is 6.07 Å². The van der Waals surface area contributed by atoms with Crippen LogP contribution in [0.3, 0.4) is 0 Å². The monoisotopic (exact) mass is 294 g/mol. The second-order valence-electron chi connectivity index (χ2n) is 4.62. The van der Waals surface area contributed by atoms with Crippen LogP contribution in [-0.4, -0.2) is 8.42 Å². The van der Waals surface area contributed by atoms with Gasteiger partial charge in [0.1, 0.15) is 10.7 Å². The van der Waals surface area contributed by atoms with Crippen molar-refractivity contribution in [2.45, 2.75) is 18.7 Å². The van der Waals surface area contributed by atoms with E-state index in [1.54, 1.807) is 32.0 Å². The molecular weight excluding hydrogens is 279 g/mol. The first-order valence-electron chi connectivity index (χ1n) is 5.95. The van der Waals surface area contributed by atoms with Gasteiger partial charge in [-0.05, 0) is 49.2 Å². The van der Waals surface area contributed by atoms with Crippen LogP contribution in [0.2, 0.25) is 0 Å².